The minimum Gasteiger partial charge on any atom is -0.364 e. The largest absolute Gasteiger partial charge is 0.364 e. The summed E-state index contributed by atoms with van der Waals surface area (Å²) in [6.07, 6.45) is -1.72. The predicted molar refractivity (Wildman–Crippen MR) is 38.3 cm³/mol. The standard InChI is InChI=1S/C8H7F3O2/c1-13-8(12)7-5(10)2-4(9)3-6(7)11/h2-3,8,12H,1H3. The lowest BCUT2D eigenvalue weighted by Gasteiger charge is -2.10. The molecule has 1 aromatic carbocycles. The molecule has 0 heterocycles. The molecule has 0 bridgehead atoms. The SMILES string of the molecule is COC(O)c1c(F)cc(F)cc1F. The van der Waals surface area contributed by atoms with E-state index in [0.717, 1.165) is 7.11 Å². The van der Waals surface area contributed by atoms with Crippen LogP contribution in [0.2, 0.25) is 0 Å². The smallest absolute Gasteiger partial charge is 0.186 e. The molecule has 0 amide bonds. The molecular weight excluding hydrogens is 185 g/mol. The maximum atomic E-state index is 12.8. The first kappa shape index (κ1) is 10.0. The Hall–Kier alpha value is -1.07. The number of rotatable bonds is 2. The second kappa shape index (κ2) is 3.76. The van der Waals surface area contributed by atoms with Crippen LogP contribution >= 0.6 is 0 Å². The van der Waals surface area contributed by atoms with Crippen LogP contribution in [0.5, 0.6) is 0 Å². The molecule has 0 aliphatic carbocycles. The van der Waals surface area contributed by atoms with Gasteiger partial charge in [0.1, 0.15) is 17.5 Å². The monoisotopic (exact) mass is 192 g/mol. The zero-order chi connectivity index (χ0) is 10.0. The van der Waals surface area contributed by atoms with Crippen LogP contribution in [0.3, 0.4) is 0 Å². The average Bonchev–Trinajstić information content (AvgIpc) is 2.02. The molecule has 0 spiro atoms. The number of benzene rings is 1. The van der Waals surface area contributed by atoms with E-state index in [1.54, 1.807) is 0 Å². The van der Waals surface area contributed by atoms with Crippen molar-refractivity contribution in [1.29, 1.82) is 0 Å². The van der Waals surface area contributed by atoms with E-state index in [1.165, 1.54) is 0 Å². The summed E-state index contributed by atoms with van der Waals surface area (Å²) in [6, 6.07) is 0.946. The van der Waals surface area contributed by atoms with E-state index in [2.05, 4.69) is 4.74 Å². The van der Waals surface area contributed by atoms with Crippen molar-refractivity contribution in [3.63, 3.8) is 0 Å². The molecule has 1 rings (SSSR count). The maximum Gasteiger partial charge on any atom is 0.186 e. The molecule has 2 nitrogen and oxygen atoms in total. The van der Waals surface area contributed by atoms with E-state index < -0.39 is 29.3 Å². The molecule has 5 heteroatoms. The van der Waals surface area contributed by atoms with Gasteiger partial charge in [-0.3, -0.25) is 0 Å². The number of hydrogen-bond donors (Lipinski definition) is 1. The van der Waals surface area contributed by atoms with Crippen LogP contribution in [0.15, 0.2) is 12.1 Å². The summed E-state index contributed by atoms with van der Waals surface area (Å²) in [5, 5.41) is 8.96. The first-order chi connectivity index (χ1) is 6.06. The number of methoxy groups -OCH3 is 1. The summed E-state index contributed by atoms with van der Waals surface area (Å²) in [4.78, 5) is 0. The first-order valence-electron chi connectivity index (χ1n) is 3.41. The Balaban J connectivity index is 3.20. The van der Waals surface area contributed by atoms with Gasteiger partial charge in [0.15, 0.2) is 6.29 Å². The van der Waals surface area contributed by atoms with Crippen molar-refractivity contribution in [2.75, 3.05) is 7.11 Å². The summed E-state index contributed by atoms with van der Waals surface area (Å²) in [6.45, 7) is 0. The van der Waals surface area contributed by atoms with Gasteiger partial charge in [0.2, 0.25) is 0 Å². The lowest BCUT2D eigenvalue weighted by atomic mass is 10.2. The van der Waals surface area contributed by atoms with Gasteiger partial charge in [-0.2, -0.15) is 0 Å². The fourth-order valence-electron chi connectivity index (χ4n) is 0.907. The number of aliphatic hydroxyl groups excluding tert-OH is 1. The molecule has 0 aromatic heterocycles. The molecule has 0 saturated carbocycles. The molecule has 0 aliphatic rings. The van der Waals surface area contributed by atoms with Gasteiger partial charge in [-0.15, -0.1) is 0 Å². The van der Waals surface area contributed by atoms with Crippen molar-refractivity contribution in [1.82, 2.24) is 0 Å². The van der Waals surface area contributed by atoms with Gasteiger partial charge in [-0.05, 0) is 0 Å². The quantitative estimate of drug-likeness (QED) is 0.723. The van der Waals surface area contributed by atoms with E-state index in [1.807, 2.05) is 0 Å². The molecule has 0 aliphatic heterocycles. The Kier molecular flexibility index (Phi) is 2.90. The minimum atomic E-state index is -1.72. The highest BCUT2D eigenvalue weighted by Gasteiger charge is 2.18. The molecule has 13 heavy (non-hydrogen) atoms. The summed E-state index contributed by atoms with van der Waals surface area (Å²) in [5.41, 5.74) is -0.691. The fraction of sp³-hybridized carbons (Fsp3) is 0.250. The predicted octanol–water partition coefficient (Wildman–Crippen LogP) is 1.74. The van der Waals surface area contributed by atoms with Crippen molar-refractivity contribution in [2.24, 2.45) is 0 Å². The molecular formula is C8H7F3O2. The van der Waals surface area contributed by atoms with Crippen molar-refractivity contribution in [2.45, 2.75) is 6.29 Å². The second-order valence-corrected chi connectivity index (χ2v) is 2.37. The number of halogens is 3. The average molecular weight is 192 g/mol. The second-order valence-electron chi connectivity index (χ2n) is 2.37. The van der Waals surface area contributed by atoms with Gasteiger partial charge in [0.25, 0.3) is 0 Å². The van der Waals surface area contributed by atoms with Crippen LogP contribution in [0.1, 0.15) is 11.9 Å². The van der Waals surface area contributed by atoms with Crippen LogP contribution in [-0.2, 0) is 4.74 Å². The van der Waals surface area contributed by atoms with E-state index in [-0.39, 0.29) is 0 Å². The molecule has 1 N–H and O–H groups in total. The van der Waals surface area contributed by atoms with Gasteiger partial charge < -0.3 is 9.84 Å². The maximum absolute atomic E-state index is 12.8. The molecule has 0 fully saturated rings. The van der Waals surface area contributed by atoms with Gasteiger partial charge in [-0.1, -0.05) is 0 Å². The lowest BCUT2D eigenvalue weighted by molar-refractivity contribution is -0.0813. The number of ether oxygens (including phenoxy) is 1. The third kappa shape index (κ3) is 1.99. The van der Waals surface area contributed by atoms with Crippen LogP contribution in [0.4, 0.5) is 13.2 Å². The molecule has 0 radical (unpaired) electrons. The van der Waals surface area contributed by atoms with E-state index in [0.29, 0.717) is 12.1 Å². The fourth-order valence-corrected chi connectivity index (χ4v) is 0.907. The summed E-state index contributed by atoms with van der Waals surface area (Å²) < 4.78 is 42.3. The van der Waals surface area contributed by atoms with E-state index >= 15 is 0 Å². The van der Waals surface area contributed by atoms with Crippen molar-refractivity contribution < 1.29 is 23.0 Å². The highest BCUT2D eigenvalue weighted by Crippen LogP contribution is 2.21. The van der Waals surface area contributed by atoms with Crippen molar-refractivity contribution >= 4 is 0 Å². The Morgan fingerprint density at radius 2 is 1.69 bits per heavy atom. The van der Waals surface area contributed by atoms with E-state index in [4.69, 9.17) is 5.11 Å². The summed E-state index contributed by atoms with van der Waals surface area (Å²) in [7, 11) is 1.08. The highest BCUT2D eigenvalue weighted by atomic mass is 19.1. The zero-order valence-corrected chi connectivity index (χ0v) is 6.72. The number of hydrogen-bond acceptors (Lipinski definition) is 2. The topological polar surface area (TPSA) is 29.5 Å². The first-order valence-corrected chi connectivity index (χ1v) is 3.41. The van der Waals surface area contributed by atoms with Gasteiger partial charge in [0.05, 0.1) is 5.56 Å². The number of aliphatic hydroxyl groups is 1. The van der Waals surface area contributed by atoms with Gasteiger partial charge in [0, 0.05) is 19.2 Å². The van der Waals surface area contributed by atoms with Gasteiger partial charge in [-0.25, -0.2) is 13.2 Å². The zero-order valence-electron chi connectivity index (χ0n) is 6.72. The van der Waals surface area contributed by atoms with Gasteiger partial charge >= 0.3 is 0 Å². The molecule has 72 valence electrons. The third-order valence-electron chi connectivity index (χ3n) is 1.51. The molecule has 1 unspecified atom stereocenters. The van der Waals surface area contributed by atoms with Crippen LogP contribution < -0.4 is 0 Å². The minimum absolute atomic E-state index is 0.473. The van der Waals surface area contributed by atoms with Crippen LogP contribution in [-0.4, -0.2) is 12.2 Å². The Morgan fingerprint density at radius 1 is 1.23 bits per heavy atom. The lowest BCUT2D eigenvalue weighted by Crippen LogP contribution is -2.06. The summed E-state index contributed by atoms with van der Waals surface area (Å²) in [5.74, 6) is -3.39. The molecule has 1 atom stereocenters. The van der Waals surface area contributed by atoms with Crippen molar-refractivity contribution in [3.8, 4) is 0 Å². The molecule has 1 aromatic rings. The highest BCUT2D eigenvalue weighted by molar-refractivity contribution is 5.21. The normalized spacial score (nSPS) is 13.0. The Bertz CT molecular complexity index is 291. The van der Waals surface area contributed by atoms with E-state index in [9.17, 15) is 13.2 Å². The van der Waals surface area contributed by atoms with Crippen molar-refractivity contribution in [3.05, 3.63) is 35.1 Å². The van der Waals surface area contributed by atoms with Crippen LogP contribution in [0, 0.1) is 17.5 Å². The third-order valence-corrected chi connectivity index (χ3v) is 1.51. The van der Waals surface area contributed by atoms with Crippen LogP contribution in [0.25, 0.3) is 0 Å². The Labute approximate surface area is 72.6 Å². The Morgan fingerprint density at radius 3 is 2.08 bits per heavy atom. The molecule has 0 saturated heterocycles. The summed E-state index contributed by atoms with van der Waals surface area (Å²) >= 11 is 0.